The first-order chi connectivity index (χ1) is 13.1. The molecule has 2 aromatic rings. The van der Waals surface area contributed by atoms with Gasteiger partial charge in [0.05, 0.1) is 23.8 Å². The molecule has 3 heterocycles. The molecule has 0 aliphatic carbocycles. The second-order valence-electron chi connectivity index (χ2n) is 5.93. The van der Waals surface area contributed by atoms with Gasteiger partial charge in [-0.15, -0.1) is 0 Å². The molecule has 27 heavy (non-hydrogen) atoms. The van der Waals surface area contributed by atoms with E-state index in [1.54, 1.807) is 20.0 Å². The fourth-order valence-corrected chi connectivity index (χ4v) is 2.92. The molecule has 148 valence electrons. The summed E-state index contributed by atoms with van der Waals surface area (Å²) in [5.41, 5.74) is 2.00. The first-order valence-corrected chi connectivity index (χ1v) is 9.18. The van der Waals surface area contributed by atoms with E-state index in [9.17, 15) is 10.1 Å². The second kappa shape index (κ2) is 9.98. The smallest absolute Gasteiger partial charge is 0.311 e. The Morgan fingerprint density at radius 3 is 2.59 bits per heavy atom. The second-order valence-corrected chi connectivity index (χ2v) is 5.93. The summed E-state index contributed by atoms with van der Waals surface area (Å²) in [5.74, 6) is 0.885. The number of nitro groups is 1. The van der Waals surface area contributed by atoms with Crippen molar-refractivity contribution in [2.24, 2.45) is 0 Å². The normalized spacial score (nSPS) is 14.4. The van der Waals surface area contributed by atoms with E-state index in [1.165, 1.54) is 6.07 Å². The molecule has 2 aromatic heterocycles. The van der Waals surface area contributed by atoms with Gasteiger partial charge in [0.2, 0.25) is 5.82 Å². The molecule has 1 N–H and O–H groups in total. The fourth-order valence-electron chi connectivity index (χ4n) is 2.92. The topological polar surface area (TPSA) is 107 Å². The quantitative estimate of drug-likeness (QED) is 0.605. The van der Waals surface area contributed by atoms with Crippen molar-refractivity contribution in [2.75, 3.05) is 44.7 Å². The highest BCUT2D eigenvalue weighted by Crippen LogP contribution is 2.31. The van der Waals surface area contributed by atoms with Crippen LogP contribution in [0.3, 0.4) is 0 Å². The molecular weight excluding hydrogens is 350 g/mol. The monoisotopic (exact) mass is 377 g/mol. The van der Waals surface area contributed by atoms with Gasteiger partial charge < -0.3 is 14.6 Å². The first kappa shape index (κ1) is 20.8. The number of nitrogens with one attached hydrogen (secondary N) is 1. The third-order valence-electron chi connectivity index (χ3n) is 4.21. The number of rotatable bonds is 6. The first-order valence-electron chi connectivity index (χ1n) is 9.18. The summed E-state index contributed by atoms with van der Waals surface area (Å²) in [6.45, 7) is 12.1. The predicted octanol–water partition coefficient (Wildman–Crippen LogP) is 3.03. The van der Waals surface area contributed by atoms with Crippen LogP contribution in [0.5, 0.6) is 0 Å². The SMILES string of the molecule is CC.Cc1noc(C)c1-c1cnc(NCCN2CCOCC2)c([N+](=O)[O-])c1. The van der Waals surface area contributed by atoms with Gasteiger partial charge in [-0.2, -0.15) is 0 Å². The molecule has 1 aliphatic heterocycles. The van der Waals surface area contributed by atoms with E-state index in [0.29, 0.717) is 23.6 Å². The van der Waals surface area contributed by atoms with Crippen molar-refractivity contribution < 1.29 is 14.2 Å². The lowest BCUT2D eigenvalue weighted by Crippen LogP contribution is -2.39. The van der Waals surface area contributed by atoms with Crippen LogP contribution in [-0.2, 0) is 4.74 Å². The van der Waals surface area contributed by atoms with Crippen LogP contribution >= 0.6 is 0 Å². The van der Waals surface area contributed by atoms with Crippen molar-refractivity contribution in [3.63, 3.8) is 0 Å². The van der Waals surface area contributed by atoms with Gasteiger partial charge in [0.1, 0.15) is 5.76 Å². The van der Waals surface area contributed by atoms with E-state index >= 15 is 0 Å². The predicted molar refractivity (Wildman–Crippen MR) is 103 cm³/mol. The third kappa shape index (κ3) is 5.24. The number of hydrogen-bond acceptors (Lipinski definition) is 8. The van der Waals surface area contributed by atoms with Gasteiger partial charge in [0.15, 0.2) is 0 Å². The molecular formula is C18H27N5O4. The van der Waals surface area contributed by atoms with Gasteiger partial charge in [-0.25, -0.2) is 4.98 Å². The summed E-state index contributed by atoms with van der Waals surface area (Å²) in [4.78, 5) is 17.5. The van der Waals surface area contributed by atoms with Crippen LogP contribution in [0, 0.1) is 24.0 Å². The van der Waals surface area contributed by atoms with Gasteiger partial charge >= 0.3 is 5.69 Å². The summed E-state index contributed by atoms with van der Waals surface area (Å²) in [7, 11) is 0. The van der Waals surface area contributed by atoms with Crippen molar-refractivity contribution in [1.82, 2.24) is 15.0 Å². The zero-order valence-corrected chi connectivity index (χ0v) is 16.3. The standard InChI is InChI=1S/C16H21N5O4.C2H6/c1-11-15(12(2)25-19-11)13-9-14(21(22)23)16(18-10-13)17-3-4-20-5-7-24-8-6-20;1-2/h9-10H,3-8H2,1-2H3,(H,17,18);1-2H3. The Hall–Kier alpha value is -2.52. The number of morpholine rings is 1. The number of nitrogens with zero attached hydrogens (tertiary/aromatic N) is 4. The maximum atomic E-state index is 11.4. The number of hydrogen-bond donors (Lipinski definition) is 1. The molecule has 0 unspecified atom stereocenters. The molecule has 0 aromatic carbocycles. The number of ether oxygens (including phenoxy) is 1. The Bertz CT molecular complexity index is 737. The molecule has 0 atom stereocenters. The van der Waals surface area contributed by atoms with Crippen LogP contribution in [0.2, 0.25) is 0 Å². The highest BCUT2D eigenvalue weighted by molar-refractivity contribution is 5.72. The Kier molecular flexibility index (Phi) is 7.68. The van der Waals surface area contributed by atoms with E-state index in [2.05, 4.69) is 20.4 Å². The highest BCUT2D eigenvalue weighted by atomic mass is 16.6. The Balaban J connectivity index is 0.00000126. The van der Waals surface area contributed by atoms with Crippen molar-refractivity contribution in [3.05, 3.63) is 33.8 Å². The number of aryl methyl sites for hydroxylation is 2. The summed E-state index contributed by atoms with van der Waals surface area (Å²) in [6, 6.07) is 1.51. The molecule has 1 aliphatic rings. The molecule has 9 nitrogen and oxygen atoms in total. The zero-order valence-electron chi connectivity index (χ0n) is 16.3. The lowest BCUT2D eigenvalue weighted by atomic mass is 10.1. The molecule has 0 saturated carbocycles. The third-order valence-corrected chi connectivity index (χ3v) is 4.21. The molecule has 0 radical (unpaired) electrons. The van der Waals surface area contributed by atoms with Crippen molar-refractivity contribution >= 4 is 11.5 Å². The number of anilines is 1. The molecule has 0 amide bonds. The minimum Gasteiger partial charge on any atom is -0.379 e. The lowest BCUT2D eigenvalue weighted by Gasteiger charge is -2.26. The molecule has 3 rings (SSSR count). The lowest BCUT2D eigenvalue weighted by molar-refractivity contribution is -0.384. The van der Waals surface area contributed by atoms with Crippen LogP contribution in [0.25, 0.3) is 11.1 Å². The Labute approximate surface area is 158 Å². The molecule has 9 heteroatoms. The molecule has 1 saturated heterocycles. The van der Waals surface area contributed by atoms with Gasteiger partial charge in [-0.05, 0) is 13.8 Å². The van der Waals surface area contributed by atoms with E-state index in [1.807, 2.05) is 13.8 Å². The van der Waals surface area contributed by atoms with Crippen molar-refractivity contribution in [3.8, 4) is 11.1 Å². The highest BCUT2D eigenvalue weighted by Gasteiger charge is 2.20. The Morgan fingerprint density at radius 2 is 2.00 bits per heavy atom. The van der Waals surface area contributed by atoms with E-state index in [0.717, 1.165) is 38.4 Å². The number of aromatic nitrogens is 2. The molecule has 1 fully saturated rings. The van der Waals surface area contributed by atoms with E-state index in [-0.39, 0.29) is 11.5 Å². The van der Waals surface area contributed by atoms with Gasteiger partial charge in [0.25, 0.3) is 0 Å². The van der Waals surface area contributed by atoms with Crippen molar-refractivity contribution in [1.29, 1.82) is 0 Å². The summed E-state index contributed by atoms with van der Waals surface area (Å²) >= 11 is 0. The molecule has 0 spiro atoms. The largest absolute Gasteiger partial charge is 0.379 e. The average Bonchev–Trinajstić information content (AvgIpc) is 3.03. The summed E-state index contributed by atoms with van der Waals surface area (Å²) in [6.07, 6.45) is 1.61. The van der Waals surface area contributed by atoms with Gasteiger partial charge in [0, 0.05) is 49.6 Å². The van der Waals surface area contributed by atoms with Crippen LogP contribution in [0.15, 0.2) is 16.8 Å². The van der Waals surface area contributed by atoms with Crippen LogP contribution in [0.1, 0.15) is 25.3 Å². The van der Waals surface area contributed by atoms with Gasteiger partial charge in [-0.1, -0.05) is 19.0 Å². The number of pyridine rings is 1. The maximum absolute atomic E-state index is 11.4. The fraction of sp³-hybridized carbons (Fsp3) is 0.556. The average molecular weight is 377 g/mol. The maximum Gasteiger partial charge on any atom is 0.311 e. The molecule has 0 bridgehead atoms. The summed E-state index contributed by atoms with van der Waals surface area (Å²) in [5, 5.41) is 18.4. The van der Waals surface area contributed by atoms with Crippen molar-refractivity contribution in [2.45, 2.75) is 27.7 Å². The van der Waals surface area contributed by atoms with E-state index in [4.69, 9.17) is 9.26 Å². The van der Waals surface area contributed by atoms with Crippen LogP contribution in [0.4, 0.5) is 11.5 Å². The van der Waals surface area contributed by atoms with Crippen LogP contribution in [-0.4, -0.2) is 59.4 Å². The van der Waals surface area contributed by atoms with Gasteiger partial charge in [-0.3, -0.25) is 15.0 Å². The van der Waals surface area contributed by atoms with E-state index < -0.39 is 4.92 Å². The minimum absolute atomic E-state index is 0.0560. The minimum atomic E-state index is -0.425. The zero-order chi connectivity index (χ0) is 19.8. The van der Waals surface area contributed by atoms with Crippen LogP contribution < -0.4 is 5.32 Å². The Morgan fingerprint density at radius 1 is 1.30 bits per heavy atom. The summed E-state index contributed by atoms with van der Waals surface area (Å²) < 4.78 is 10.4.